The third-order valence-electron chi connectivity index (χ3n) is 3.50. The fraction of sp³-hybridized carbons (Fsp3) is 0.0625. The first-order chi connectivity index (χ1) is 12.0. The monoisotopic (exact) mass is 343 g/mol. The zero-order valence-electron chi connectivity index (χ0n) is 12.4. The number of hydrogen-bond donors (Lipinski definition) is 0. The van der Waals surface area contributed by atoms with E-state index in [1.807, 2.05) is 24.3 Å². The third kappa shape index (κ3) is 2.80. The Morgan fingerprint density at radius 3 is 2.68 bits per heavy atom. The minimum atomic E-state index is -4.69. The summed E-state index contributed by atoms with van der Waals surface area (Å²) in [6.07, 6.45) is -1.63. The largest absolute Gasteiger partial charge is 0.471 e. The van der Waals surface area contributed by atoms with Crippen molar-refractivity contribution in [2.24, 2.45) is 0 Å². The molecule has 0 bridgehead atoms. The maximum atomic E-state index is 12.6. The van der Waals surface area contributed by atoms with Gasteiger partial charge in [-0.2, -0.15) is 23.3 Å². The molecule has 0 aliphatic heterocycles. The molecule has 0 radical (unpaired) electrons. The van der Waals surface area contributed by atoms with Crippen LogP contribution in [0.5, 0.6) is 0 Å². The number of aromatic nitrogens is 5. The van der Waals surface area contributed by atoms with E-state index in [1.54, 1.807) is 12.3 Å². The van der Waals surface area contributed by atoms with E-state index >= 15 is 0 Å². The normalized spacial score (nSPS) is 11.8. The van der Waals surface area contributed by atoms with Gasteiger partial charge in [0.25, 0.3) is 0 Å². The molecule has 0 unspecified atom stereocenters. The van der Waals surface area contributed by atoms with Crippen LogP contribution >= 0.6 is 0 Å². The number of alkyl halides is 3. The van der Waals surface area contributed by atoms with Gasteiger partial charge in [0.05, 0.1) is 11.9 Å². The van der Waals surface area contributed by atoms with E-state index in [1.165, 1.54) is 12.3 Å². The van der Waals surface area contributed by atoms with Crippen LogP contribution in [-0.2, 0) is 6.18 Å². The van der Waals surface area contributed by atoms with E-state index in [0.717, 1.165) is 10.8 Å². The van der Waals surface area contributed by atoms with Crippen LogP contribution < -0.4 is 0 Å². The lowest BCUT2D eigenvalue weighted by molar-refractivity contribution is -0.159. The summed E-state index contributed by atoms with van der Waals surface area (Å²) in [5.74, 6) is -1.57. The van der Waals surface area contributed by atoms with Crippen molar-refractivity contribution in [2.45, 2.75) is 6.18 Å². The Bertz CT molecular complexity index is 1060. The molecule has 0 N–H and O–H groups in total. The molecule has 4 rings (SSSR count). The number of fused-ring (bicyclic) bond motifs is 1. The average Bonchev–Trinajstić information content (AvgIpc) is 3.12. The summed E-state index contributed by atoms with van der Waals surface area (Å²) in [6, 6.07) is 10.5. The standard InChI is InChI=1S/C16H8F3N5O/c17-16(18,19)15-22-14(24-25-15)9-5-6-20-12(7-9)13-11-4-2-1-3-10(11)8-21-23-13/h1-8H. The number of rotatable bonds is 2. The topological polar surface area (TPSA) is 77.6 Å². The SMILES string of the molecule is FC(F)(F)c1nc(-c2ccnc(-c3nncc4ccccc34)c2)no1. The van der Waals surface area contributed by atoms with Gasteiger partial charge in [0.1, 0.15) is 5.69 Å². The van der Waals surface area contributed by atoms with Crippen LogP contribution in [-0.4, -0.2) is 25.3 Å². The smallest absolute Gasteiger partial charge is 0.329 e. The summed E-state index contributed by atoms with van der Waals surface area (Å²) < 4.78 is 42.1. The van der Waals surface area contributed by atoms with E-state index in [4.69, 9.17) is 0 Å². The van der Waals surface area contributed by atoms with E-state index in [-0.39, 0.29) is 5.82 Å². The molecule has 0 aliphatic carbocycles. The molecule has 3 heterocycles. The lowest BCUT2D eigenvalue weighted by atomic mass is 10.1. The molecule has 1 aromatic carbocycles. The fourth-order valence-electron chi connectivity index (χ4n) is 2.37. The van der Waals surface area contributed by atoms with Crippen molar-refractivity contribution in [3.8, 4) is 22.8 Å². The van der Waals surface area contributed by atoms with E-state index in [2.05, 4.69) is 29.8 Å². The predicted octanol–water partition coefficient (Wildman–Crippen LogP) is 3.76. The molecule has 6 nitrogen and oxygen atoms in total. The Labute approximate surface area is 138 Å². The van der Waals surface area contributed by atoms with E-state index in [9.17, 15) is 13.2 Å². The molecule has 0 saturated carbocycles. The van der Waals surface area contributed by atoms with Gasteiger partial charge in [0.2, 0.25) is 5.82 Å². The number of benzene rings is 1. The summed E-state index contributed by atoms with van der Waals surface area (Å²) >= 11 is 0. The Kier molecular flexibility index (Phi) is 3.41. The highest BCUT2D eigenvalue weighted by Gasteiger charge is 2.38. The van der Waals surface area contributed by atoms with Gasteiger partial charge in [0, 0.05) is 22.5 Å². The van der Waals surface area contributed by atoms with Crippen LogP contribution in [0.25, 0.3) is 33.5 Å². The van der Waals surface area contributed by atoms with Gasteiger partial charge in [-0.1, -0.05) is 29.4 Å². The second-order valence-corrected chi connectivity index (χ2v) is 5.13. The molecule has 0 saturated heterocycles. The molecule has 25 heavy (non-hydrogen) atoms. The minimum absolute atomic E-state index is 0.177. The molecule has 0 aliphatic rings. The highest BCUT2D eigenvalue weighted by atomic mass is 19.4. The van der Waals surface area contributed by atoms with Crippen molar-refractivity contribution in [3.63, 3.8) is 0 Å². The van der Waals surface area contributed by atoms with Crippen LogP contribution in [0.2, 0.25) is 0 Å². The molecule has 0 atom stereocenters. The van der Waals surface area contributed by atoms with Crippen molar-refractivity contribution in [1.29, 1.82) is 0 Å². The van der Waals surface area contributed by atoms with Gasteiger partial charge >= 0.3 is 12.1 Å². The quantitative estimate of drug-likeness (QED) is 0.551. The maximum absolute atomic E-state index is 12.6. The predicted molar refractivity (Wildman–Crippen MR) is 81.1 cm³/mol. The first-order valence-electron chi connectivity index (χ1n) is 7.10. The highest BCUT2D eigenvalue weighted by molar-refractivity contribution is 5.93. The summed E-state index contributed by atoms with van der Waals surface area (Å²) in [4.78, 5) is 7.61. The highest BCUT2D eigenvalue weighted by Crippen LogP contribution is 2.30. The van der Waals surface area contributed by atoms with E-state index < -0.39 is 12.1 Å². The van der Waals surface area contributed by atoms with Gasteiger partial charge < -0.3 is 4.52 Å². The first kappa shape index (κ1) is 15.2. The minimum Gasteiger partial charge on any atom is -0.329 e. The van der Waals surface area contributed by atoms with Crippen LogP contribution in [0.1, 0.15) is 5.89 Å². The van der Waals surface area contributed by atoms with Crippen molar-refractivity contribution in [1.82, 2.24) is 25.3 Å². The summed E-state index contributed by atoms with van der Waals surface area (Å²) in [5.41, 5.74) is 1.29. The molecule has 3 aromatic heterocycles. The van der Waals surface area contributed by atoms with Crippen LogP contribution in [0, 0.1) is 0 Å². The summed E-state index contributed by atoms with van der Waals surface area (Å²) in [7, 11) is 0. The van der Waals surface area contributed by atoms with Gasteiger partial charge in [-0.25, -0.2) is 0 Å². The van der Waals surface area contributed by atoms with Crippen LogP contribution in [0.3, 0.4) is 0 Å². The second kappa shape index (κ2) is 5.62. The molecular formula is C16H8F3N5O. The second-order valence-electron chi connectivity index (χ2n) is 5.13. The van der Waals surface area contributed by atoms with Crippen molar-refractivity contribution in [3.05, 3.63) is 54.7 Å². The molecule has 0 spiro atoms. The van der Waals surface area contributed by atoms with Crippen molar-refractivity contribution >= 4 is 10.8 Å². The average molecular weight is 343 g/mol. The lowest BCUT2D eigenvalue weighted by Gasteiger charge is -2.04. The van der Waals surface area contributed by atoms with Gasteiger partial charge in [-0.15, -0.1) is 5.10 Å². The molecule has 9 heteroatoms. The van der Waals surface area contributed by atoms with Gasteiger partial charge in [-0.05, 0) is 12.1 Å². The first-order valence-corrected chi connectivity index (χ1v) is 7.10. The third-order valence-corrected chi connectivity index (χ3v) is 3.50. The molecular weight excluding hydrogens is 335 g/mol. The number of pyridine rings is 1. The Morgan fingerprint density at radius 2 is 1.88 bits per heavy atom. The molecule has 124 valence electrons. The number of halogens is 3. The Balaban J connectivity index is 1.81. The zero-order valence-corrected chi connectivity index (χ0v) is 12.4. The lowest BCUT2D eigenvalue weighted by Crippen LogP contribution is -2.04. The van der Waals surface area contributed by atoms with E-state index in [0.29, 0.717) is 17.0 Å². The van der Waals surface area contributed by atoms with Crippen molar-refractivity contribution in [2.75, 3.05) is 0 Å². The molecule has 4 aromatic rings. The summed E-state index contributed by atoms with van der Waals surface area (Å²) in [5, 5.41) is 13.1. The summed E-state index contributed by atoms with van der Waals surface area (Å²) in [6.45, 7) is 0. The Hall–Kier alpha value is -3.36. The molecule has 0 fully saturated rings. The van der Waals surface area contributed by atoms with Gasteiger partial charge in [0.15, 0.2) is 0 Å². The maximum Gasteiger partial charge on any atom is 0.471 e. The van der Waals surface area contributed by atoms with Gasteiger partial charge in [-0.3, -0.25) is 4.98 Å². The zero-order chi connectivity index (χ0) is 17.4. The van der Waals surface area contributed by atoms with Crippen molar-refractivity contribution < 1.29 is 17.7 Å². The van der Waals surface area contributed by atoms with Crippen LogP contribution in [0.15, 0.2) is 53.3 Å². The van der Waals surface area contributed by atoms with Crippen LogP contribution in [0.4, 0.5) is 13.2 Å². The Morgan fingerprint density at radius 1 is 1.04 bits per heavy atom. The number of hydrogen-bond acceptors (Lipinski definition) is 6. The fourth-order valence-corrected chi connectivity index (χ4v) is 2.37. The molecule has 0 amide bonds. The number of nitrogens with zero attached hydrogens (tertiary/aromatic N) is 5.